The van der Waals surface area contributed by atoms with Crippen molar-refractivity contribution in [1.82, 2.24) is 0 Å². The van der Waals surface area contributed by atoms with Crippen LogP contribution in [0.15, 0.2) is 96.1 Å². The number of rotatable bonds is 3. The summed E-state index contributed by atoms with van der Waals surface area (Å²) in [5.74, 6) is 0.378. The summed E-state index contributed by atoms with van der Waals surface area (Å²) in [4.78, 5) is 0. The molecule has 3 aromatic carbocycles. The second-order valence-corrected chi connectivity index (χ2v) is 10.2. The van der Waals surface area contributed by atoms with E-state index in [1.807, 2.05) is 12.1 Å². The van der Waals surface area contributed by atoms with Gasteiger partial charge in [0.25, 0.3) is 0 Å². The van der Waals surface area contributed by atoms with Gasteiger partial charge in [0.1, 0.15) is 0 Å². The van der Waals surface area contributed by atoms with Crippen LogP contribution in [0.5, 0.6) is 0 Å². The molecule has 1 unspecified atom stereocenters. The van der Waals surface area contributed by atoms with Crippen LogP contribution in [-0.4, -0.2) is 3.71 Å². The Morgan fingerprint density at radius 3 is 2.24 bits per heavy atom. The molecule has 168 valence electrons. The summed E-state index contributed by atoms with van der Waals surface area (Å²) in [6.07, 6.45) is 7.02. The van der Waals surface area contributed by atoms with Gasteiger partial charge >= 0.3 is 70.3 Å². The number of halogens is 2. The summed E-state index contributed by atoms with van der Waals surface area (Å²) in [5.41, 5.74) is 10.1. The summed E-state index contributed by atoms with van der Waals surface area (Å²) in [7, 11) is 0. The van der Waals surface area contributed by atoms with Gasteiger partial charge in [0, 0.05) is 5.92 Å². The van der Waals surface area contributed by atoms with Crippen molar-refractivity contribution in [3.8, 4) is 11.1 Å². The molecule has 0 amide bonds. The molecular weight excluding hydrogens is 522 g/mol. The van der Waals surface area contributed by atoms with E-state index in [9.17, 15) is 0 Å². The Bertz CT molecular complexity index is 1090. The van der Waals surface area contributed by atoms with E-state index in [-0.39, 0.29) is 30.2 Å². The van der Waals surface area contributed by atoms with Crippen LogP contribution in [0, 0.1) is 11.5 Å². The van der Waals surface area contributed by atoms with Gasteiger partial charge in [-0.25, -0.2) is 0 Å². The first kappa shape index (κ1) is 27.7. The van der Waals surface area contributed by atoms with Crippen LogP contribution in [0.1, 0.15) is 49.8 Å². The minimum atomic E-state index is 0. The molecule has 2 aliphatic carbocycles. The average Bonchev–Trinajstić information content (AvgIpc) is 3.38. The molecule has 0 saturated carbocycles. The number of benzene rings is 3. The second kappa shape index (κ2) is 12.3. The van der Waals surface area contributed by atoms with Crippen molar-refractivity contribution >= 4 is 3.71 Å². The molecule has 0 fully saturated rings. The van der Waals surface area contributed by atoms with E-state index in [4.69, 9.17) is 0 Å². The average molecular weight is 552 g/mol. The first-order chi connectivity index (χ1) is 15.0. The van der Waals surface area contributed by atoms with E-state index in [1.165, 1.54) is 63.2 Å². The summed E-state index contributed by atoms with van der Waals surface area (Å²) in [6.45, 7) is 6.88. The van der Waals surface area contributed by atoms with Crippen molar-refractivity contribution in [1.29, 1.82) is 0 Å². The predicted molar refractivity (Wildman–Crippen MR) is 129 cm³/mol. The zero-order valence-electron chi connectivity index (χ0n) is 19.4. The van der Waals surface area contributed by atoms with Gasteiger partial charge in [-0.15, -0.1) is 11.1 Å². The molecule has 0 bridgehead atoms. The van der Waals surface area contributed by atoms with Gasteiger partial charge in [-0.1, -0.05) is 68.3 Å². The van der Waals surface area contributed by atoms with E-state index < -0.39 is 0 Å². The van der Waals surface area contributed by atoms with E-state index in [0.29, 0.717) is 5.92 Å². The molecule has 2 aliphatic rings. The van der Waals surface area contributed by atoms with Gasteiger partial charge in [-0.2, -0.15) is 24.3 Å². The fraction of sp³-hybridized carbons (Fsp3) is 0.233. The summed E-state index contributed by atoms with van der Waals surface area (Å²) in [5, 5.41) is 0. The van der Waals surface area contributed by atoms with Gasteiger partial charge in [0.15, 0.2) is 0 Å². The van der Waals surface area contributed by atoms with Crippen molar-refractivity contribution in [3.05, 3.63) is 119 Å². The Morgan fingerprint density at radius 2 is 1.58 bits per heavy atom. The van der Waals surface area contributed by atoms with Gasteiger partial charge in [-0.05, 0) is 23.0 Å². The minimum absolute atomic E-state index is 0. The van der Waals surface area contributed by atoms with Crippen LogP contribution in [0.25, 0.3) is 11.1 Å². The molecule has 5 rings (SSSR count). The molecule has 0 spiro atoms. The summed E-state index contributed by atoms with van der Waals surface area (Å²) < 4.78 is 2.25. The van der Waals surface area contributed by atoms with Crippen LogP contribution in [-0.2, 0) is 30.7 Å². The molecule has 1 atom stereocenters. The standard InChI is InChI=1S/C22H21.C8H8.2ClH.Zr/c1-22(2,3)16-13-12-15(14-16)21-19-10-6-4-8-17(19)18-9-5-7-11-20(18)21;1-2-8-6-4-3-5-7-8;;;/h4-10,13-14,21H,12H2,1-3H3;1,3-7H,2H2;2*1H;/q-1;;;;+2/p-2. The van der Waals surface area contributed by atoms with Gasteiger partial charge in [0.2, 0.25) is 0 Å². The molecule has 0 saturated heterocycles. The van der Waals surface area contributed by atoms with E-state index in [1.54, 1.807) is 0 Å². The first-order valence-electron chi connectivity index (χ1n) is 11.0. The molecule has 0 nitrogen and oxygen atoms in total. The van der Waals surface area contributed by atoms with Crippen molar-refractivity contribution < 1.29 is 49.0 Å². The van der Waals surface area contributed by atoms with Gasteiger partial charge in [0.05, 0.1) is 0 Å². The Balaban J connectivity index is 0.000000300. The Hall–Kier alpha value is -1.53. The zero-order chi connectivity index (χ0) is 21.8. The van der Waals surface area contributed by atoms with Crippen LogP contribution in [0.3, 0.4) is 0 Å². The predicted octanol–water partition coefficient (Wildman–Crippen LogP) is 1.49. The number of allylic oxidation sites excluding steroid dienone is 4. The molecule has 0 aromatic heterocycles. The first-order valence-corrected chi connectivity index (χ1v) is 12.4. The zero-order valence-corrected chi connectivity index (χ0v) is 23.4. The normalized spacial score (nSPS) is 15.5. The maximum atomic E-state index is 3.51. The third-order valence-corrected chi connectivity index (χ3v) is 6.56. The van der Waals surface area contributed by atoms with Crippen molar-refractivity contribution in [2.24, 2.45) is 5.41 Å². The van der Waals surface area contributed by atoms with E-state index >= 15 is 0 Å². The maximum absolute atomic E-state index is 3.51. The molecular formula is C30H29Cl2Zr-. The van der Waals surface area contributed by atoms with Crippen molar-refractivity contribution in [2.45, 2.75) is 39.5 Å². The number of fused-ring (bicyclic) bond motifs is 3. The van der Waals surface area contributed by atoms with E-state index in [2.05, 4.69) is 103 Å². The summed E-state index contributed by atoms with van der Waals surface area (Å²) in [6, 6.07) is 29.2. The van der Waals surface area contributed by atoms with Crippen LogP contribution >= 0.6 is 0 Å². The third-order valence-electron chi connectivity index (χ3n) is 6.05. The third kappa shape index (κ3) is 6.33. The molecule has 3 aromatic rings. The summed E-state index contributed by atoms with van der Waals surface area (Å²) >= 11 is 1.51. The van der Waals surface area contributed by atoms with E-state index in [0.717, 1.165) is 12.8 Å². The fourth-order valence-electron chi connectivity index (χ4n) is 4.46. The monoisotopic (exact) mass is 549 g/mol. The Morgan fingerprint density at radius 1 is 0.909 bits per heavy atom. The fourth-order valence-corrected chi connectivity index (χ4v) is 5.04. The molecule has 0 N–H and O–H groups in total. The number of hydrogen-bond donors (Lipinski definition) is 0. The SMILES string of the molecule is CC(C)(C)C1=CCC(C2c3[c-]cccc3-c3ccccc32)=C1.[Cl-].[Cl-].[Zr+2]=[CH]Cc1ccccc1. The quantitative estimate of drug-likeness (QED) is 0.433. The topological polar surface area (TPSA) is 0 Å². The number of hydrogen-bond acceptors (Lipinski definition) is 0. The van der Waals surface area contributed by atoms with Crippen LogP contribution < -0.4 is 24.8 Å². The van der Waals surface area contributed by atoms with Crippen molar-refractivity contribution in [2.75, 3.05) is 0 Å². The van der Waals surface area contributed by atoms with Gasteiger partial charge < -0.3 is 24.8 Å². The molecule has 0 heterocycles. The van der Waals surface area contributed by atoms with Gasteiger partial charge in [-0.3, -0.25) is 0 Å². The van der Waals surface area contributed by atoms with Crippen molar-refractivity contribution in [3.63, 3.8) is 0 Å². The molecule has 0 aliphatic heterocycles. The second-order valence-electron chi connectivity index (χ2n) is 9.24. The van der Waals surface area contributed by atoms with Crippen LogP contribution in [0.4, 0.5) is 0 Å². The molecule has 3 heteroatoms. The molecule has 0 radical (unpaired) electrons. The molecule has 33 heavy (non-hydrogen) atoms. The Labute approximate surface area is 226 Å². The van der Waals surface area contributed by atoms with Crippen LogP contribution in [0.2, 0.25) is 0 Å². The Kier molecular flexibility index (Phi) is 10.3.